The first-order chi connectivity index (χ1) is 9.15. The number of nitrogens with zero attached hydrogens (tertiary/aromatic N) is 1. The molecule has 2 aromatic rings. The molecule has 1 heterocycles. The molecular formula is C14H15NO3S. The molecule has 4 nitrogen and oxygen atoms in total. The molecule has 0 bridgehead atoms. The number of hydrogen-bond acceptors (Lipinski definition) is 5. The summed E-state index contributed by atoms with van der Waals surface area (Å²) in [6.07, 6.45) is 0. The molecule has 2 rings (SSSR count). The van der Waals surface area contributed by atoms with Crippen molar-refractivity contribution in [1.29, 1.82) is 0 Å². The molecule has 0 spiro atoms. The van der Waals surface area contributed by atoms with Gasteiger partial charge in [-0.05, 0) is 31.5 Å². The van der Waals surface area contributed by atoms with Gasteiger partial charge < -0.3 is 9.47 Å². The minimum atomic E-state index is -0.416. The van der Waals surface area contributed by atoms with E-state index in [9.17, 15) is 4.79 Å². The van der Waals surface area contributed by atoms with Crippen LogP contribution >= 0.6 is 11.3 Å². The van der Waals surface area contributed by atoms with Crippen LogP contribution in [0.3, 0.4) is 0 Å². The van der Waals surface area contributed by atoms with E-state index in [-0.39, 0.29) is 0 Å². The number of aryl methyl sites for hydroxylation is 1. The zero-order chi connectivity index (χ0) is 13.8. The molecule has 0 N–H and O–H groups in total. The van der Waals surface area contributed by atoms with E-state index < -0.39 is 5.97 Å². The molecule has 0 amide bonds. The molecule has 0 atom stereocenters. The number of hydrogen-bond donors (Lipinski definition) is 0. The maximum Gasteiger partial charge on any atom is 0.358 e. The number of aromatic nitrogens is 1. The van der Waals surface area contributed by atoms with Gasteiger partial charge in [-0.15, -0.1) is 11.3 Å². The van der Waals surface area contributed by atoms with E-state index in [0.29, 0.717) is 12.3 Å². The van der Waals surface area contributed by atoms with Crippen LogP contribution in [0, 0.1) is 6.92 Å². The molecule has 0 aliphatic rings. The number of benzene rings is 1. The van der Waals surface area contributed by atoms with Gasteiger partial charge in [-0.2, -0.15) is 0 Å². The number of thiazole rings is 1. The van der Waals surface area contributed by atoms with Crippen LogP contribution < -0.4 is 4.74 Å². The summed E-state index contributed by atoms with van der Waals surface area (Å²) in [5.41, 5.74) is 1.27. The minimum absolute atomic E-state index is 0.360. The monoisotopic (exact) mass is 277 g/mol. The first-order valence-corrected chi connectivity index (χ1v) is 6.76. The predicted molar refractivity (Wildman–Crippen MR) is 74.8 cm³/mol. The van der Waals surface area contributed by atoms with Gasteiger partial charge in [0.2, 0.25) is 0 Å². The van der Waals surface area contributed by atoms with E-state index in [2.05, 4.69) is 4.98 Å². The minimum Gasteiger partial charge on any atom is -0.494 e. The highest BCUT2D eigenvalue weighted by molar-refractivity contribution is 7.15. The summed E-state index contributed by atoms with van der Waals surface area (Å²) in [4.78, 5) is 16.8. The Balaban J connectivity index is 2.46. The lowest BCUT2D eigenvalue weighted by molar-refractivity contribution is 0.0595. The van der Waals surface area contributed by atoms with Crippen molar-refractivity contribution in [3.63, 3.8) is 0 Å². The van der Waals surface area contributed by atoms with Crippen molar-refractivity contribution in [3.05, 3.63) is 35.0 Å². The number of ether oxygens (including phenoxy) is 2. The Morgan fingerprint density at radius 2 is 2.21 bits per heavy atom. The summed E-state index contributed by atoms with van der Waals surface area (Å²) >= 11 is 1.47. The molecule has 0 radical (unpaired) electrons. The van der Waals surface area contributed by atoms with Crippen LogP contribution in [0.4, 0.5) is 0 Å². The Kier molecular flexibility index (Phi) is 4.16. The Morgan fingerprint density at radius 1 is 1.42 bits per heavy atom. The highest BCUT2D eigenvalue weighted by Gasteiger charge is 2.19. The van der Waals surface area contributed by atoms with Crippen molar-refractivity contribution in [2.24, 2.45) is 0 Å². The van der Waals surface area contributed by atoms with Crippen LogP contribution in [-0.4, -0.2) is 24.7 Å². The Bertz CT molecular complexity index is 592. The van der Waals surface area contributed by atoms with Gasteiger partial charge in [-0.1, -0.05) is 12.1 Å². The second-order valence-corrected chi connectivity index (χ2v) is 5.07. The molecule has 19 heavy (non-hydrogen) atoms. The fourth-order valence-electron chi connectivity index (χ4n) is 1.75. The molecule has 0 unspecified atom stereocenters. The topological polar surface area (TPSA) is 48.4 Å². The third kappa shape index (κ3) is 2.93. The standard InChI is InChI=1S/C14H15NO3S/c1-4-18-11-7-5-6-10(8-11)13-12(14(16)17-3)15-9(2)19-13/h5-8H,4H2,1-3H3. The number of esters is 1. The van der Waals surface area contributed by atoms with E-state index in [1.54, 1.807) is 0 Å². The van der Waals surface area contributed by atoms with Gasteiger partial charge in [-0.25, -0.2) is 9.78 Å². The van der Waals surface area contributed by atoms with Crippen molar-refractivity contribution < 1.29 is 14.3 Å². The maximum absolute atomic E-state index is 11.7. The van der Waals surface area contributed by atoms with Crippen molar-refractivity contribution in [2.75, 3.05) is 13.7 Å². The summed E-state index contributed by atoms with van der Waals surface area (Å²) < 4.78 is 10.2. The van der Waals surface area contributed by atoms with Crippen molar-refractivity contribution in [2.45, 2.75) is 13.8 Å². The predicted octanol–water partition coefficient (Wildman–Crippen LogP) is 3.30. The van der Waals surface area contributed by atoms with Crippen LogP contribution in [0.2, 0.25) is 0 Å². The van der Waals surface area contributed by atoms with Crippen LogP contribution in [0.1, 0.15) is 22.4 Å². The van der Waals surface area contributed by atoms with E-state index in [1.807, 2.05) is 38.1 Å². The molecular weight excluding hydrogens is 262 g/mol. The number of rotatable bonds is 4. The van der Waals surface area contributed by atoms with Gasteiger partial charge in [0.05, 0.1) is 23.6 Å². The summed E-state index contributed by atoms with van der Waals surface area (Å²) in [6.45, 7) is 4.41. The molecule has 0 fully saturated rings. The van der Waals surface area contributed by atoms with E-state index >= 15 is 0 Å². The number of carbonyl (C=O) groups is 1. The molecule has 1 aromatic carbocycles. The van der Waals surface area contributed by atoms with Crippen LogP contribution in [0.25, 0.3) is 10.4 Å². The summed E-state index contributed by atoms with van der Waals surface area (Å²) in [6, 6.07) is 7.62. The summed E-state index contributed by atoms with van der Waals surface area (Å²) in [5, 5.41) is 0.831. The average Bonchev–Trinajstić information content (AvgIpc) is 2.81. The van der Waals surface area contributed by atoms with E-state index in [0.717, 1.165) is 21.2 Å². The first-order valence-electron chi connectivity index (χ1n) is 5.94. The van der Waals surface area contributed by atoms with Gasteiger partial charge in [0, 0.05) is 0 Å². The lowest BCUT2D eigenvalue weighted by atomic mass is 10.1. The van der Waals surface area contributed by atoms with Gasteiger partial charge in [0.25, 0.3) is 0 Å². The third-order valence-electron chi connectivity index (χ3n) is 2.52. The quantitative estimate of drug-likeness (QED) is 0.804. The smallest absolute Gasteiger partial charge is 0.358 e. The number of methoxy groups -OCH3 is 1. The summed E-state index contributed by atoms with van der Waals surface area (Å²) in [7, 11) is 1.36. The van der Waals surface area contributed by atoms with Gasteiger partial charge in [-0.3, -0.25) is 0 Å². The Hall–Kier alpha value is -1.88. The maximum atomic E-state index is 11.7. The number of carbonyl (C=O) groups excluding carboxylic acids is 1. The largest absolute Gasteiger partial charge is 0.494 e. The fourth-order valence-corrected chi connectivity index (χ4v) is 2.65. The first kappa shape index (κ1) is 13.5. The third-order valence-corrected chi connectivity index (χ3v) is 3.54. The highest BCUT2D eigenvalue weighted by atomic mass is 32.1. The van der Waals surface area contributed by atoms with Crippen molar-refractivity contribution >= 4 is 17.3 Å². The molecule has 5 heteroatoms. The molecule has 0 aliphatic carbocycles. The van der Waals surface area contributed by atoms with Crippen molar-refractivity contribution in [1.82, 2.24) is 4.98 Å². The van der Waals surface area contributed by atoms with E-state index in [1.165, 1.54) is 18.4 Å². The average molecular weight is 277 g/mol. The Labute approximate surface area is 116 Å². The second kappa shape index (κ2) is 5.84. The normalized spacial score (nSPS) is 10.3. The van der Waals surface area contributed by atoms with Crippen molar-refractivity contribution in [3.8, 4) is 16.2 Å². The molecule has 0 saturated carbocycles. The SMILES string of the molecule is CCOc1cccc(-c2sc(C)nc2C(=O)OC)c1. The van der Waals surface area contributed by atoms with Crippen LogP contribution in [0.15, 0.2) is 24.3 Å². The van der Waals surface area contributed by atoms with Gasteiger partial charge in [0.15, 0.2) is 5.69 Å². The zero-order valence-corrected chi connectivity index (χ0v) is 11.9. The zero-order valence-electron chi connectivity index (χ0n) is 11.1. The molecule has 0 saturated heterocycles. The van der Waals surface area contributed by atoms with Gasteiger partial charge in [0.1, 0.15) is 5.75 Å². The lowest BCUT2D eigenvalue weighted by Gasteiger charge is -2.05. The van der Waals surface area contributed by atoms with Crippen LogP contribution in [0.5, 0.6) is 5.75 Å². The van der Waals surface area contributed by atoms with Crippen LogP contribution in [-0.2, 0) is 4.74 Å². The molecule has 100 valence electrons. The summed E-state index contributed by atoms with van der Waals surface area (Å²) in [5.74, 6) is 0.364. The highest BCUT2D eigenvalue weighted by Crippen LogP contribution is 2.32. The van der Waals surface area contributed by atoms with Gasteiger partial charge >= 0.3 is 5.97 Å². The lowest BCUT2D eigenvalue weighted by Crippen LogP contribution is -2.03. The fraction of sp³-hybridized carbons (Fsp3) is 0.286. The molecule has 0 aliphatic heterocycles. The molecule has 1 aromatic heterocycles. The van der Waals surface area contributed by atoms with E-state index in [4.69, 9.17) is 9.47 Å². The Morgan fingerprint density at radius 3 is 2.89 bits per heavy atom. The second-order valence-electron chi connectivity index (χ2n) is 3.86.